The summed E-state index contributed by atoms with van der Waals surface area (Å²) in [4.78, 5) is 27.8. The highest BCUT2D eigenvalue weighted by atomic mass is 16.2. The standard InChI is InChI=1S/C18H25N7O/c26-17(25-8-1-3-15(13-25)16-4-7-21-22-16)14-23-9-11-24(12-10-23)18-19-5-2-6-20-18/h2,4-7,15H,1,3,8-14H2,(H,21,22). The maximum absolute atomic E-state index is 12.8. The van der Waals surface area contributed by atoms with Gasteiger partial charge in [-0.2, -0.15) is 5.10 Å². The summed E-state index contributed by atoms with van der Waals surface area (Å²) >= 11 is 0. The van der Waals surface area contributed by atoms with E-state index in [1.807, 2.05) is 17.0 Å². The van der Waals surface area contributed by atoms with Crippen LogP contribution in [0.1, 0.15) is 24.5 Å². The number of H-pyrrole nitrogens is 1. The molecular weight excluding hydrogens is 330 g/mol. The number of nitrogens with one attached hydrogen (secondary N) is 1. The fraction of sp³-hybridized carbons (Fsp3) is 0.556. The molecule has 4 rings (SSSR count). The van der Waals surface area contributed by atoms with E-state index in [0.717, 1.165) is 63.8 Å². The monoisotopic (exact) mass is 355 g/mol. The topological polar surface area (TPSA) is 81.2 Å². The second-order valence-electron chi connectivity index (χ2n) is 7.00. The molecule has 1 atom stereocenters. The maximum atomic E-state index is 12.8. The lowest BCUT2D eigenvalue weighted by atomic mass is 9.95. The zero-order valence-corrected chi connectivity index (χ0v) is 14.9. The summed E-state index contributed by atoms with van der Waals surface area (Å²) in [6, 6.07) is 3.84. The van der Waals surface area contributed by atoms with Crippen molar-refractivity contribution in [2.75, 3.05) is 50.7 Å². The van der Waals surface area contributed by atoms with Crippen molar-refractivity contribution in [1.29, 1.82) is 0 Å². The Balaban J connectivity index is 1.27. The molecule has 138 valence electrons. The Labute approximate surface area is 153 Å². The highest BCUT2D eigenvalue weighted by Crippen LogP contribution is 2.25. The van der Waals surface area contributed by atoms with E-state index >= 15 is 0 Å². The Hall–Kier alpha value is -2.48. The smallest absolute Gasteiger partial charge is 0.236 e. The lowest BCUT2D eigenvalue weighted by molar-refractivity contribution is -0.133. The van der Waals surface area contributed by atoms with Crippen molar-refractivity contribution in [2.45, 2.75) is 18.8 Å². The normalized spacial score (nSPS) is 21.8. The summed E-state index contributed by atoms with van der Waals surface area (Å²) in [5.74, 6) is 1.39. The average Bonchev–Trinajstić information content (AvgIpc) is 3.24. The SMILES string of the molecule is O=C(CN1CCN(c2ncccn2)CC1)N1CCCC(c2ccn[nH]2)C1. The first-order valence-electron chi connectivity index (χ1n) is 9.31. The molecule has 0 aliphatic carbocycles. The highest BCUT2D eigenvalue weighted by molar-refractivity contribution is 5.78. The number of amides is 1. The summed E-state index contributed by atoms with van der Waals surface area (Å²) in [6.07, 6.45) is 7.48. The van der Waals surface area contributed by atoms with Gasteiger partial charge in [-0.15, -0.1) is 0 Å². The number of rotatable bonds is 4. The Morgan fingerprint density at radius 3 is 2.65 bits per heavy atom. The summed E-state index contributed by atoms with van der Waals surface area (Å²) in [7, 11) is 0. The summed E-state index contributed by atoms with van der Waals surface area (Å²) < 4.78 is 0. The third-order valence-electron chi connectivity index (χ3n) is 5.30. The minimum absolute atomic E-state index is 0.235. The predicted octanol–water partition coefficient (Wildman–Crippen LogP) is 0.728. The van der Waals surface area contributed by atoms with E-state index in [1.54, 1.807) is 18.6 Å². The van der Waals surface area contributed by atoms with Gasteiger partial charge in [0, 0.05) is 69.5 Å². The van der Waals surface area contributed by atoms with Crippen LogP contribution in [-0.4, -0.2) is 81.7 Å². The van der Waals surface area contributed by atoms with E-state index in [9.17, 15) is 4.79 Å². The second kappa shape index (κ2) is 7.82. The molecule has 2 aromatic rings. The van der Waals surface area contributed by atoms with Crippen molar-refractivity contribution >= 4 is 11.9 Å². The van der Waals surface area contributed by atoms with E-state index in [2.05, 4.69) is 30.0 Å². The first-order chi connectivity index (χ1) is 12.8. The van der Waals surface area contributed by atoms with Crippen molar-refractivity contribution < 1.29 is 4.79 Å². The van der Waals surface area contributed by atoms with Gasteiger partial charge in [-0.25, -0.2) is 9.97 Å². The molecule has 2 saturated heterocycles. The lowest BCUT2D eigenvalue weighted by Crippen LogP contribution is -2.51. The number of hydrogen-bond acceptors (Lipinski definition) is 6. The van der Waals surface area contributed by atoms with Gasteiger partial charge < -0.3 is 9.80 Å². The number of carbonyl (C=O) groups excluding carboxylic acids is 1. The molecule has 0 aromatic carbocycles. The van der Waals surface area contributed by atoms with Crippen LogP contribution < -0.4 is 4.90 Å². The van der Waals surface area contributed by atoms with E-state index in [-0.39, 0.29) is 5.91 Å². The molecule has 0 bridgehead atoms. The third-order valence-corrected chi connectivity index (χ3v) is 5.30. The number of nitrogens with zero attached hydrogens (tertiary/aromatic N) is 6. The van der Waals surface area contributed by atoms with Crippen molar-refractivity contribution in [2.24, 2.45) is 0 Å². The van der Waals surface area contributed by atoms with Crippen LogP contribution in [0.4, 0.5) is 5.95 Å². The van der Waals surface area contributed by atoms with Gasteiger partial charge in [-0.3, -0.25) is 14.8 Å². The van der Waals surface area contributed by atoms with Gasteiger partial charge in [-0.1, -0.05) is 0 Å². The van der Waals surface area contributed by atoms with Crippen LogP contribution in [-0.2, 0) is 4.79 Å². The maximum Gasteiger partial charge on any atom is 0.236 e. The molecule has 2 fully saturated rings. The highest BCUT2D eigenvalue weighted by Gasteiger charge is 2.27. The van der Waals surface area contributed by atoms with E-state index in [0.29, 0.717) is 12.5 Å². The van der Waals surface area contributed by atoms with E-state index in [4.69, 9.17) is 0 Å². The summed E-state index contributed by atoms with van der Waals surface area (Å²) in [5, 5.41) is 7.09. The van der Waals surface area contributed by atoms with Gasteiger partial charge in [-0.05, 0) is 25.0 Å². The van der Waals surface area contributed by atoms with Crippen LogP contribution in [0, 0.1) is 0 Å². The van der Waals surface area contributed by atoms with E-state index < -0.39 is 0 Å². The number of piperazine rings is 1. The first-order valence-corrected chi connectivity index (χ1v) is 9.31. The van der Waals surface area contributed by atoms with Crippen LogP contribution in [0.2, 0.25) is 0 Å². The van der Waals surface area contributed by atoms with Gasteiger partial charge in [0.05, 0.1) is 6.54 Å². The Morgan fingerprint density at radius 1 is 1.12 bits per heavy atom. The Kier molecular flexibility index (Phi) is 5.10. The van der Waals surface area contributed by atoms with Crippen LogP contribution in [0.25, 0.3) is 0 Å². The molecule has 8 nitrogen and oxygen atoms in total. The van der Waals surface area contributed by atoms with Crippen LogP contribution in [0.15, 0.2) is 30.7 Å². The predicted molar refractivity (Wildman–Crippen MR) is 97.8 cm³/mol. The number of hydrogen-bond donors (Lipinski definition) is 1. The molecule has 2 aliphatic rings. The van der Waals surface area contributed by atoms with Crippen LogP contribution >= 0.6 is 0 Å². The molecule has 0 saturated carbocycles. The molecule has 26 heavy (non-hydrogen) atoms. The number of piperidine rings is 1. The minimum atomic E-state index is 0.235. The molecular formula is C18H25N7O. The fourth-order valence-corrected chi connectivity index (χ4v) is 3.80. The van der Waals surface area contributed by atoms with Gasteiger partial charge in [0.15, 0.2) is 0 Å². The molecule has 2 aliphatic heterocycles. The number of aromatic amines is 1. The van der Waals surface area contributed by atoms with Crippen LogP contribution in [0.5, 0.6) is 0 Å². The van der Waals surface area contributed by atoms with Gasteiger partial charge in [0.25, 0.3) is 0 Å². The molecule has 1 unspecified atom stereocenters. The largest absolute Gasteiger partial charge is 0.341 e. The summed E-state index contributed by atoms with van der Waals surface area (Å²) in [6.45, 7) is 5.59. The van der Waals surface area contributed by atoms with E-state index in [1.165, 1.54) is 0 Å². The zero-order valence-electron chi connectivity index (χ0n) is 14.9. The second-order valence-corrected chi connectivity index (χ2v) is 7.00. The third kappa shape index (κ3) is 3.85. The molecule has 0 spiro atoms. The molecule has 1 amide bonds. The first kappa shape index (κ1) is 17.0. The molecule has 0 radical (unpaired) electrons. The Morgan fingerprint density at radius 2 is 1.92 bits per heavy atom. The summed E-state index contributed by atoms with van der Waals surface area (Å²) in [5.41, 5.74) is 1.14. The van der Waals surface area contributed by atoms with Gasteiger partial charge >= 0.3 is 0 Å². The quantitative estimate of drug-likeness (QED) is 0.871. The fourth-order valence-electron chi connectivity index (χ4n) is 3.80. The Bertz CT molecular complexity index is 698. The lowest BCUT2D eigenvalue weighted by Gasteiger charge is -2.37. The zero-order chi connectivity index (χ0) is 17.8. The molecule has 8 heteroatoms. The van der Waals surface area contributed by atoms with Gasteiger partial charge in [0.1, 0.15) is 0 Å². The molecule has 2 aromatic heterocycles. The van der Waals surface area contributed by atoms with Gasteiger partial charge in [0.2, 0.25) is 11.9 Å². The average molecular weight is 355 g/mol. The number of anilines is 1. The molecule has 1 N–H and O–H groups in total. The molecule has 4 heterocycles. The van der Waals surface area contributed by atoms with Crippen LogP contribution in [0.3, 0.4) is 0 Å². The van der Waals surface area contributed by atoms with Crippen molar-refractivity contribution in [1.82, 2.24) is 30.0 Å². The van der Waals surface area contributed by atoms with Crippen molar-refractivity contribution in [3.05, 3.63) is 36.4 Å². The number of aromatic nitrogens is 4. The minimum Gasteiger partial charge on any atom is -0.341 e. The number of likely N-dealkylation sites (tertiary alicyclic amines) is 1. The number of carbonyl (C=O) groups is 1. The van der Waals surface area contributed by atoms with Crippen molar-refractivity contribution in [3.63, 3.8) is 0 Å². The van der Waals surface area contributed by atoms with Crippen molar-refractivity contribution in [3.8, 4) is 0 Å².